The Morgan fingerprint density at radius 2 is 2.08 bits per heavy atom. The Hall–Kier alpha value is -0.920. The molecule has 2 bridgehead atoms. The van der Waals surface area contributed by atoms with Crippen molar-refractivity contribution in [2.45, 2.75) is 13.3 Å². The fraction of sp³-hybridized carbons (Fsp3) is 0.600. The molecule has 2 heteroatoms. The molecule has 0 spiro atoms. The molecule has 2 unspecified atom stereocenters. The smallest absolute Gasteiger partial charge is 0.134 e. The number of hydrogen-bond acceptors (Lipinski definition) is 2. The lowest BCUT2D eigenvalue weighted by molar-refractivity contribution is -0.126. The van der Waals surface area contributed by atoms with E-state index in [1.807, 2.05) is 0 Å². The van der Waals surface area contributed by atoms with Crippen LogP contribution in [0.3, 0.4) is 0 Å². The van der Waals surface area contributed by atoms with Gasteiger partial charge in [-0.15, -0.1) is 0 Å². The highest BCUT2D eigenvalue weighted by molar-refractivity contribution is 5.83. The van der Waals surface area contributed by atoms with E-state index < -0.39 is 0 Å². The van der Waals surface area contributed by atoms with Gasteiger partial charge in [0.25, 0.3) is 0 Å². The highest BCUT2D eigenvalue weighted by Gasteiger charge is 2.46. The van der Waals surface area contributed by atoms with Crippen LogP contribution in [0.2, 0.25) is 0 Å². The van der Waals surface area contributed by atoms with Crippen molar-refractivity contribution >= 4 is 12.1 Å². The minimum absolute atomic E-state index is 0.0162. The van der Waals surface area contributed by atoms with Crippen LogP contribution in [0.25, 0.3) is 0 Å². The molecule has 1 fully saturated rings. The van der Waals surface area contributed by atoms with Crippen molar-refractivity contribution in [1.29, 1.82) is 0 Å². The van der Waals surface area contributed by atoms with E-state index in [0.29, 0.717) is 11.8 Å². The summed E-state index contributed by atoms with van der Waals surface area (Å²) >= 11 is 0. The SMILES string of the molecule is CC(=O)C1C(C=O)[C@@H]2C=C[C@H]1C2. The van der Waals surface area contributed by atoms with Crippen molar-refractivity contribution in [2.24, 2.45) is 23.7 Å². The summed E-state index contributed by atoms with van der Waals surface area (Å²) in [6.07, 6.45) is 6.15. The van der Waals surface area contributed by atoms with Gasteiger partial charge in [0.15, 0.2) is 0 Å². The predicted octanol–water partition coefficient (Wildman–Crippen LogP) is 1.21. The fourth-order valence-corrected chi connectivity index (χ4v) is 2.62. The first-order valence-corrected chi connectivity index (χ1v) is 4.38. The zero-order valence-corrected chi connectivity index (χ0v) is 7.07. The van der Waals surface area contributed by atoms with E-state index in [1.165, 1.54) is 0 Å². The lowest BCUT2D eigenvalue weighted by atomic mass is 9.82. The average Bonchev–Trinajstić information content (AvgIpc) is 2.60. The Bertz CT molecular complexity index is 255. The number of carbonyl (C=O) groups is 2. The van der Waals surface area contributed by atoms with Crippen LogP contribution in [0.1, 0.15) is 13.3 Å². The molecule has 1 saturated carbocycles. The van der Waals surface area contributed by atoms with Crippen LogP contribution in [0, 0.1) is 23.7 Å². The second-order valence-electron chi connectivity index (χ2n) is 3.80. The molecule has 0 N–H and O–H groups in total. The monoisotopic (exact) mass is 164 g/mol. The molecule has 2 nitrogen and oxygen atoms in total. The Kier molecular flexibility index (Phi) is 1.63. The van der Waals surface area contributed by atoms with E-state index in [9.17, 15) is 9.59 Å². The summed E-state index contributed by atoms with van der Waals surface area (Å²) in [5.41, 5.74) is 0. The number of ketones is 1. The molecule has 0 amide bonds. The number of hydrogen-bond donors (Lipinski definition) is 0. The van der Waals surface area contributed by atoms with Crippen LogP contribution < -0.4 is 0 Å². The normalized spacial score (nSPS) is 43.4. The van der Waals surface area contributed by atoms with Gasteiger partial charge in [-0.1, -0.05) is 12.2 Å². The van der Waals surface area contributed by atoms with Gasteiger partial charge in [-0.05, 0) is 25.2 Å². The molecule has 2 aliphatic carbocycles. The predicted molar refractivity (Wildman–Crippen MR) is 44.5 cm³/mol. The van der Waals surface area contributed by atoms with Crippen LogP contribution >= 0.6 is 0 Å². The summed E-state index contributed by atoms with van der Waals surface area (Å²) in [5.74, 6) is 0.822. The van der Waals surface area contributed by atoms with Crippen LogP contribution in [-0.2, 0) is 9.59 Å². The molecule has 0 aromatic heterocycles. The second-order valence-corrected chi connectivity index (χ2v) is 3.80. The number of aldehydes is 1. The average molecular weight is 164 g/mol. The third-order valence-corrected chi connectivity index (χ3v) is 3.15. The van der Waals surface area contributed by atoms with Gasteiger partial charge in [0.05, 0.1) is 0 Å². The molecule has 4 atom stereocenters. The van der Waals surface area contributed by atoms with Crippen molar-refractivity contribution in [2.75, 3.05) is 0 Å². The van der Waals surface area contributed by atoms with Gasteiger partial charge in [-0.25, -0.2) is 0 Å². The Morgan fingerprint density at radius 1 is 1.42 bits per heavy atom. The van der Waals surface area contributed by atoms with E-state index in [4.69, 9.17) is 0 Å². The van der Waals surface area contributed by atoms with Crippen molar-refractivity contribution in [3.05, 3.63) is 12.2 Å². The number of carbonyl (C=O) groups excluding carboxylic acids is 2. The minimum atomic E-state index is -0.0301. The molecular weight excluding hydrogens is 152 g/mol. The second kappa shape index (κ2) is 2.54. The quantitative estimate of drug-likeness (QED) is 0.454. The minimum Gasteiger partial charge on any atom is -0.303 e. The summed E-state index contributed by atoms with van der Waals surface area (Å²) < 4.78 is 0. The summed E-state index contributed by atoms with van der Waals surface area (Å²) in [6, 6.07) is 0. The maximum absolute atomic E-state index is 11.2. The van der Waals surface area contributed by atoms with Gasteiger partial charge in [0, 0.05) is 11.8 Å². The molecule has 2 aliphatic rings. The summed E-state index contributed by atoms with van der Waals surface area (Å²) in [5, 5.41) is 0. The van der Waals surface area contributed by atoms with Gasteiger partial charge in [0.2, 0.25) is 0 Å². The van der Waals surface area contributed by atoms with Gasteiger partial charge in [0.1, 0.15) is 12.1 Å². The van der Waals surface area contributed by atoms with E-state index in [0.717, 1.165) is 12.7 Å². The van der Waals surface area contributed by atoms with Gasteiger partial charge in [-0.2, -0.15) is 0 Å². The molecule has 0 aromatic rings. The largest absolute Gasteiger partial charge is 0.303 e. The Morgan fingerprint density at radius 3 is 2.58 bits per heavy atom. The third kappa shape index (κ3) is 0.872. The van der Waals surface area contributed by atoms with Gasteiger partial charge < -0.3 is 4.79 Å². The highest BCUT2D eigenvalue weighted by atomic mass is 16.1. The van der Waals surface area contributed by atoms with Crippen LogP contribution in [0.4, 0.5) is 0 Å². The van der Waals surface area contributed by atoms with Crippen molar-refractivity contribution < 1.29 is 9.59 Å². The molecule has 2 rings (SSSR count). The lowest BCUT2D eigenvalue weighted by Gasteiger charge is -2.20. The van der Waals surface area contributed by atoms with E-state index in [1.54, 1.807) is 6.92 Å². The highest BCUT2D eigenvalue weighted by Crippen LogP contribution is 2.47. The summed E-state index contributed by atoms with van der Waals surface area (Å²) in [7, 11) is 0. The Balaban J connectivity index is 2.28. The van der Waals surface area contributed by atoms with E-state index in [-0.39, 0.29) is 17.6 Å². The zero-order valence-electron chi connectivity index (χ0n) is 7.07. The molecule has 64 valence electrons. The van der Waals surface area contributed by atoms with E-state index >= 15 is 0 Å². The molecule has 0 radical (unpaired) electrons. The third-order valence-electron chi connectivity index (χ3n) is 3.15. The molecule has 0 aromatic carbocycles. The maximum atomic E-state index is 11.2. The molecule has 12 heavy (non-hydrogen) atoms. The Labute approximate surface area is 71.6 Å². The van der Waals surface area contributed by atoms with Crippen LogP contribution in [0.5, 0.6) is 0 Å². The number of fused-ring (bicyclic) bond motifs is 2. The van der Waals surface area contributed by atoms with E-state index in [2.05, 4.69) is 12.2 Å². The van der Waals surface area contributed by atoms with Crippen molar-refractivity contribution in [3.63, 3.8) is 0 Å². The maximum Gasteiger partial charge on any atom is 0.134 e. The van der Waals surface area contributed by atoms with Crippen LogP contribution in [-0.4, -0.2) is 12.1 Å². The summed E-state index contributed by atoms with van der Waals surface area (Å²) in [6.45, 7) is 1.59. The number of allylic oxidation sites excluding steroid dienone is 2. The number of Topliss-reactive ketones (excluding diaryl/α,β-unsaturated/α-hetero) is 1. The topological polar surface area (TPSA) is 34.1 Å². The first-order valence-electron chi connectivity index (χ1n) is 4.38. The molecule has 0 heterocycles. The molecular formula is C10H12O2. The first kappa shape index (κ1) is 7.71. The standard InChI is InChI=1S/C10H12O2/c1-6(12)10-8-3-2-7(4-8)9(10)5-11/h2-3,5,7-10H,4H2,1H3/t7-,8+,9?,10?/m1/s1. The fourth-order valence-electron chi connectivity index (χ4n) is 2.62. The van der Waals surface area contributed by atoms with Crippen molar-refractivity contribution in [3.8, 4) is 0 Å². The molecule has 0 aliphatic heterocycles. The van der Waals surface area contributed by atoms with Gasteiger partial charge in [-0.3, -0.25) is 4.79 Å². The first-order chi connectivity index (χ1) is 5.74. The molecule has 0 saturated heterocycles. The van der Waals surface area contributed by atoms with Crippen molar-refractivity contribution in [1.82, 2.24) is 0 Å². The lowest BCUT2D eigenvalue weighted by Crippen LogP contribution is -2.26. The number of rotatable bonds is 2. The summed E-state index contributed by atoms with van der Waals surface area (Å²) in [4.78, 5) is 21.9. The van der Waals surface area contributed by atoms with Gasteiger partial charge >= 0.3 is 0 Å². The van der Waals surface area contributed by atoms with Crippen LogP contribution in [0.15, 0.2) is 12.2 Å². The zero-order chi connectivity index (χ0) is 8.72.